The Bertz CT molecular complexity index is 940. The fourth-order valence-corrected chi connectivity index (χ4v) is 5.28. The quantitative estimate of drug-likeness (QED) is 0.650. The summed E-state index contributed by atoms with van der Waals surface area (Å²) in [6, 6.07) is 29.9. The lowest BCUT2D eigenvalue weighted by molar-refractivity contribution is 0.501. The highest BCUT2D eigenvalue weighted by Gasteiger charge is 2.31. The van der Waals surface area contributed by atoms with E-state index in [1.54, 1.807) is 0 Å². The zero-order valence-corrected chi connectivity index (χ0v) is 17.0. The molecule has 3 aromatic rings. The van der Waals surface area contributed by atoms with Crippen LogP contribution in [0.3, 0.4) is 0 Å². The molecule has 1 aliphatic carbocycles. The van der Waals surface area contributed by atoms with Crippen molar-refractivity contribution < 1.29 is 0 Å². The first-order chi connectivity index (χ1) is 14.3. The van der Waals surface area contributed by atoms with E-state index in [1.807, 2.05) is 0 Å². The Balaban J connectivity index is 1.49. The Kier molecular flexibility index (Phi) is 5.12. The second kappa shape index (κ2) is 8.04. The van der Waals surface area contributed by atoms with Crippen molar-refractivity contribution in [1.82, 2.24) is 0 Å². The van der Waals surface area contributed by atoms with Crippen LogP contribution in [-0.2, 0) is 6.42 Å². The highest BCUT2D eigenvalue weighted by Crippen LogP contribution is 2.46. The van der Waals surface area contributed by atoms with Crippen LogP contribution in [0.1, 0.15) is 53.4 Å². The summed E-state index contributed by atoms with van der Waals surface area (Å²) < 4.78 is 0. The van der Waals surface area contributed by atoms with E-state index in [9.17, 15) is 0 Å². The van der Waals surface area contributed by atoms with E-state index in [0.29, 0.717) is 17.9 Å². The fourth-order valence-electron chi connectivity index (χ4n) is 5.28. The summed E-state index contributed by atoms with van der Waals surface area (Å²) in [5.41, 5.74) is 13.3. The van der Waals surface area contributed by atoms with Gasteiger partial charge in [-0.1, -0.05) is 66.7 Å². The second-order valence-corrected chi connectivity index (χ2v) is 8.65. The van der Waals surface area contributed by atoms with Crippen molar-refractivity contribution >= 4 is 5.69 Å². The summed E-state index contributed by atoms with van der Waals surface area (Å²) in [7, 11) is 0. The van der Waals surface area contributed by atoms with Gasteiger partial charge in [0.15, 0.2) is 0 Å². The van der Waals surface area contributed by atoms with Gasteiger partial charge in [-0.05, 0) is 66.0 Å². The van der Waals surface area contributed by atoms with E-state index in [-0.39, 0.29) is 0 Å². The second-order valence-electron chi connectivity index (χ2n) is 8.65. The monoisotopic (exact) mass is 382 g/mol. The summed E-state index contributed by atoms with van der Waals surface area (Å²) in [5, 5.41) is 0. The first-order valence-electron chi connectivity index (χ1n) is 11.0. The Morgan fingerprint density at radius 3 is 2.14 bits per heavy atom. The minimum atomic E-state index is 0.371. The third-order valence-electron chi connectivity index (χ3n) is 6.90. The number of aryl methyl sites for hydroxylation is 1. The summed E-state index contributed by atoms with van der Waals surface area (Å²) in [4.78, 5) is 2.48. The van der Waals surface area contributed by atoms with Gasteiger partial charge in [0.2, 0.25) is 0 Å². The molecule has 5 rings (SSSR count). The Labute approximate surface area is 174 Å². The van der Waals surface area contributed by atoms with E-state index in [4.69, 9.17) is 5.73 Å². The summed E-state index contributed by atoms with van der Waals surface area (Å²) >= 11 is 0. The third-order valence-corrected chi connectivity index (χ3v) is 6.90. The first-order valence-corrected chi connectivity index (χ1v) is 11.0. The summed E-state index contributed by atoms with van der Waals surface area (Å²) in [6.45, 7) is 2.14. The van der Waals surface area contributed by atoms with E-state index in [1.165, 1.54) is 40.8 Å². The molecule has 2 atom stereocenters. The zero-order valence-electron chi connectivity index (χ0n) is 17.0. The summed E-state index contributed by atoms with van der Waals surface area (Å²) in [5.74, 6) is 0.955. The van der Waals surface area contributed by atoms with E-state index in [2.05, 4.69) is 83.8 Å². The van der Waals surface area contributed by atoms with Crippen LogP contribution in [-0.4, -0.2) is 19.1 Å². The van der Waals surface area contributed by atoms with Gasteiger partial charge < -0.3 is 10.6 Å². The lowest BCUT2D eigenvalue weighted by atomic mass is 9.69. The fraction of sp³-hybridized carbons (Fsp3) is 0.333. The van der Waals surface area contributed by atoms with E-state index in [0.717, 1.165) is 25.9 Å². The van der Waals surface area contributed by atoms with Crippen molar-refractivity contribution in [3.8, 4) is 0 Å². The number of hydrogen-bond donors (Lipinski definition) is 1. The average Bonchev–Trinajstić information content (AvgIpc) is 2.79. The number of nitrogens with zero attached hydrogens (tertiary/aromatic N) is 1. The van der Waals surface area contributed by atoms with E-state index < -0.39 is 0 Å². The molecule has 0 aromatic heterocycles. The number of nitrogens with two attached hydrogens (primary N) is 1. The smallest absolute Gasteiger partial charge is 0.0366 e. The van der Waals surface area contributed by atoms with Crippen molar-refractivity contribution in [2.75, 3.05) is 18.0 Å². The van der Waals surface area contributed by atoms with Crippen LogP contribution >= 0.6 is 0 Å². The SMILES string of the molecule is NC1CCN(c2ccc([C@@H]3c4ccccc4CC[C@@H]3c3ccccc3)cc2)CC1. The van der Waals surface area contributed by atoms with Gasteiger partial charge in [-0.3, -0.25) is 0 Å². The highest BCUT2D eigenvalue weighted by molar-refractivity contribution is 5.52. The highest BCUT2D eigenvalue weighted by atomic mass is 15.1. The van der Waals surface area contributed by atoms with Crippen LogP contribution in [0.2, 0.25) is 0 Å². The first kappa shape index (κ1) is 18.4. The number of hydrogen-bond acceptors (Lipinski definition) is 2. The number of fused-ring (bicyclic) bond motifs is 1. The number of rotatable bonds is 3. The molecule has 0 bridgehead atoms. The molecule has 148 valence electrons. The molecule has 2 heteroatoms. The van der Waals surface area contributed by atoms with Crippen LogP contribution in [0.4, 0.5) is 5.69 Å². The van der Waals surface area contributed by atoms with Gasteiger partial charge in [-0.2, -0.15) is 0 Å². The maximum Gasteiger partial charge on any atom is 0.0366 e. The topological polar surface area (TPSA) is 29.3 Å². The minimum Gasteiger partial charge on any atom is -0.371 e. The Morgan fingerprint density at radius 2 is 1.38 bits per heavy atom. The Hall–Kier alpha value is -2.58. The van der Waals surface area contributed by atoms with Gasteiger partial charge in [-0.15, -0.1) is 0 Å². The molecule has 2 nitrogen and oxygen atoms in total. The van der Waals surface area contributed by atoms with Gasteiger partial charge >= 0.3 is 0 Å². The maximum atomic E-state index is 6.09. The van der Waals surface area contributed by atoms with Crippen LogP contribution < -0.4 is 10.6 Å². The molecule has 2 N–H and O–H groups in total. The molecule has 0 amide bonds. The van der Waals surface area contributed by atoms with Gasteiger partial charge in [0.25, 0.3) is 0 Å². The number of anilines is 1. The molecule has 29 heavy (non-hydrogen) atoms. The molecule has 3 aromatic carbocycles. The predicted octanol–water partition coefficient (Wildman–Crippen LogP) is 5.48. The van der Waals surface area contributed by atoms with Gasteiger partial charge in [0, 0.05) is 30.7 Å². The third kappa shape index (κ3) is 3.70. The molecule has 1 heterocycles. The van der Waals surface area contributed by atoms with Crippen molar-refractivity contribution in [1.29, 1.82) is 0 Å². The molecule has 2 aliphatic rings. The average molecular weight is 383 g/mol. The standard InChI is InChI=1S/C27H30N2/c28-23-16-18-29(19-17-23)24-13-10-22(11-14-24)27-25-9-5-4-8-21(25)12-15-26(27)20-6-2-1-3-7-20/h1-11,13-14,23,26-27H,12,15-19,28H2/t26-,27-/m1/s1. The van der Waals surface area contributed by atoms with Crippen LogP contribution in [0.5, 0.6) is 0 Å². The number of piperidine rings is 1. The van der Waals surface area contributed by atoms with Crippen molar-refractivity contribution in [3.63, 3.8) is 0 Å². The Morgan fingerprint density at radius 1 is 0.690 bits per heavy atom. The van der Waals surface area contributed by atoms with Crippen LogP contribution in [0, 0.1) is 0 Å². The molecule has 0 unspecified atom stereocenters. The van der Waals surface area contributed by atoms with Crippen molar-refractivity contribution in [3.05, 3.63) is 101 Å². The lowest BCUT2D eigenvalue weighted by Gasteiger charge is -2.35. The molecule has 0 radical (unpaired) electrons. The molecule has 0 spiro atoms. The minimum absolute atomic E-state index is 0.371. The van der Waals surface area contributed by atoms with Crippen molar-refractivity contribution in [2.24, 2.45) is 5.73 Å². The van der Waals surface area contributed by atoms with Gasteiger partial charge in [0.05, 0.1) is 0 Å². The molecule has 1 fully saturated rings. The van der Waals surface area contributed by atoms with Crippen LogP contribution in [0.15, 0.2) is 78.9 Å². The lowest BCUT2D eigenvalue weighted by Crippen LogP contribution is -2.39. The number of benzene rings is 3. The molecule has 1 saturated heterocycles. The van der Waals surface area contributed by atoms with Crippen LogP contribution in [0.25, 0.3) is 0 Å². The molecular weight excluding hydrogens is 352 g/mol. The normalized spacial score (nSPS) is 22.3. The summed E-state index contributed by atoms with van der Waals surface area (Å²) in [6.07, 6.45) is 4.55. The van der Waals surface area contributed by atoms with E-state index >= 15 is 0 Å². The van der Waals surface area contributed by atoms with Gasteiger partial charge in [-0.25, -0.2) is 0 Å². The predicted molar refractivity (Wildman–Crippen MR) is 122 cm³/mol. The van der Waals surface area contributed by atoms with Crippen molar-refractivity contribution in [2.45, 2.75) is 43.6 Å². The maximum absolute atomic E-state index is 6.09. The molecule has 0 saturated carbocycles. The largest absolute Gasteiger partial charge is 0.371 e. The van der Waals surface area contributed by atoms with Gasteiger partial charge in [0.1, 0.15) is 0 Å². The molecular formula is C27H30N2. The zero-order chi connectivity index (χ0) is 19.6. The molecule has 1 aliphatic heterocycles.